The Bertz CT molecular complexity index is 1570. The van der Waals surface area contributed by atoms with Gasteiger partial charge in [-0.25, -0.2) is 9.37 Å². The average Bonchev–Trinajstić information content (AvgIpc) is 3.34. The smallest absolute Gasteiger partial charge is 0.224 e. The summed E-state index contributed by atoms with van der Waals surface area (Å²) in [7, 11) is 1.68. The second kappa shape index (κ2) is 15.0. The number of nitrogens with zero attached hydrogens (tertiary/aromatic N) is 3. The zero-order valence-electron chi connectivity index (χ0n) is 26.6. The van der Waals surface area contributed by atoms with Gasteiger partial charge in [-0.1, -0.05) is 36.4 Å². The Labute approximate surface area is 265 Å². The van der Waals surface area contributed by atoms with E-state index in [2.05, 4.69) is 46.1 Å². The first-order chi connectivity index (χ1) is 21.8. The first-order valence-electron chi connectivity index (χ1n) is 16.0. The van der Waals surface area contributed by atoms with Crippen molar-refractivity contribution < 1.29 is 19.0 Å². The lowest BCUT2D eigenvalue weighted by atomic mass is 9.91. The van der Waals surface area contributed by atoms with Gasteiger partial charge in [0.1, 0.15) is 11.6 Å². The molecular formula is C36H46FN5O3. The van der Waals surface area contributed by atoms with Gasteiger partial charge in [0.2, 0.25) is 5.91 Å². The summed E-state index contributed by atoms with van der Waals surface area (Å²) in [5.74, 6) is 0.724. The number of amides is 1. The van der Waals surface area contributed by atoms with E-state index in [1.165, 1.54) is 6.07 Å². The number of aryl methyl sites for hydroxylation is 2. The Hall–Kier alpha value is -3.79. The Kier molecular flexibility index (Phi) is 10.9. The van der Waals surface area contributed by atoms with Crippen molar-refractivity contribution in [3.8, 4) is 11.1 Å². The number of aliphatic hydroxyl groups is 1. The molecule has 0 spiro atoms. The Morgan fingerprint density at radius 3 is 2.67 bits per heavy atom. The number of nitrogens with two attached hydrogens (primary N) is 1. The second-order valence-corrected chi connectivity index (χ2v) is 12.3. The van der Waals surface area contributed by atoms with Crippen LogP contribution < -0.4 is 11.1 Å². The van der Waals surface area contributed by atoms with Crippen LogP contribution in [0.2, 0.25) is 0 Å². The monoisotopic (exact) mass is 615 g/mol. The summed E-state index contributed by atoms with van der Waals surface area (Å²) < 4.78 is 22.5. The molecule has 3 atom stereocenters. The van der Waals surface area contributed by atoms with E-state index in [1.807, 2.05) is 36.2 Å². The summed E-state index contributed by atoms with van der Waals surface area (Å²) in [6, 6.07) is 17.1. The summed E-state index contributed by atoms with van der Waals surface area (Å²) in [5, 5.41) is 13.3. The predicted octanol–water partition coefficient (Wildman–Crippen LogP) is 5.65. The normalized spacial score (nSPS) is 16.6. The fourth-order valence-electron chi connectivity index (χ4n) is 6.62. The van der Waals surface area contributed by atoms with E-state index in [4.69, 9.17) is 10.5 Å². The van der Waals surface area contributed by atoms with Crippen LogP contribution in [0.1, 0.15) is 55.3 Å². The third-order valence-corrected chi connectivity index (χ3v) is 8.88. The van der Waals surface area contributed by atoms with E-state index in [0.29, 0.717) is 31.6 Å². The zero-order chi connectivity index (χ0) is 31.9. The van der Waals surface area contributed by atoms with Gasteiger partial charge in [0.25, 0.3) is 0 Å². The molecule has 5 rings (SSSR count). The molecule has 1 unspecified atom stereocenters. The summed E-state index contributed by atoms with van der Waals surface area (Å²) in [6.45, 7) is 6.63. The summed E-state index contributed by atoms with van der Waals surface area (Å²) in [5.41, 5.74) is 12.5. The number of aliphatic hydroxyl groups excluding tert-OH is 1. The van der Waals surface area contributed by atoms with Gasteiger partial charge in [-0.3, -0.25) is 4.79 Å². The number of methoxy groups -OCH3 is 1. The highest BCUT2D eigenvalue weighted by Crippen LogP contribution is 2.37. The molecular weight excluding hydrogens is 569 g/mol. The van der Waals surface area contributed by atoms with Gasteiger partial charge in [0.05, 0.1) is 12.1 Å². The molecule has 0 bridgehead atoms. The van der Waals surface area contributed by atoms with E-state index in [-0.39, 0.29) is 42.8 Å². The number of hydrogen-bond acceptors (Lipinski definition) is 6. The third kappa shape index (κ3) is 7.72. The van der Waals surface area contributed by atoms with E-state index in [0.717, 1.165) is 65.0 Å². The maximum absolute atomic E-state index is 15.1. The van der Waals surface area contributed by atoms with Crippen molar-refractivity contribution in [2.75, 3.05) is 38.7 Å². The van der Waals surface area contributed by atoms with Crippen LogP contribution >= 0.6 is 0 Å². The van der Waals surface area contributed by atoms with Crippen LogP contribution in [0.15, 0.2) is 60.8 Å². The van der Waals surface area contributed by atoms with Gasteiger partial charge < -0.3 is 30.4 Å². The quantitative estimate of drug-likeness (QED) is 0.168. The van der Waals surface area contributed by atoms with Gasteiger partial charge >= 0.3 is 0 Å². The first-order valence-corrected chi connectivity index (χ1v) is 16.0. The topological polar surface area (TPSA) is 106 Å². The van der Waals surface area contributed by atoms with Gasteiger partial charge in [-0.2, -0.15) is 0 Å². The molecule has 4 N–H and O–H groups in total. The van der Waals surface area contributed by atoms with Crippen molar-refractivity contribution in [3.05, 3.63) is 83.4 Å². The van der Waals surface area contributed by atoms with Crippen LogP contribution in [0.3, 0.4) is 0 Å². The molecule has 1 saturated heterocycles. The number of para-hydroxylation sites is 1. The summed E-state index contributed by atoms with van der Waals surface area (Å²) in [6.07, 6.45) is 5.36. The van der Waals surface area contributed by atoms with E-state index in [9.17, 15) is 9.90 Å². The molecule has 2 aromatic carbocycles. The molecule has 2 aromatic heterocycles. The molecule has 240 valence electrons. The number of nitrogens with one attached hydrogen (secondary N) is 1. The number of halogens is 1. The number of carbonyl (C=O) groups is 1. The highest BCUT2D eigenvalue weighted by atomic mass is 19.1. The van der Waals surface area contributed by atoms with Crippen LogP contribution in [0.4, 0.5) is 10.2 Å². The molecule has 0 saturated carbocycles. The third-order valence-electron chi connectivity index (χ3n) is 8.88. The van der Waals surface area contributed by atoms with Crippen molar-refractivity contribution in [1.82, 2.24) is 14.5 Å². The molecule has 1 aliphatic heterocycles. The molecule has 3 heterocycles. The Balaban J connectivity index is 1.21. The van der Waals surface area contributed by atoms with Crippen molar-refractivity contribution in [1.29, 1.82) is 0 Å². The minimum atomic E-state index is -0.291. The number of piperidine rings is 1. The lowest BCUT2D eigenvalue weighted by Gasteiger charge is -2.34. The number of rotatable bonds is 13. The fourth-order valence-corrected chi connectivity index (χ4v) is 6.62. The highest BCUT2D eigenvalue weighted by molar-refractivity contribution is 5.86. The first kappa shape index (κ1) is 32.6. The van der Waals surface area contributed by atoms with Gasteiger partial charge in [0, 0.05) is 80.6 Å². The summed E-state index contributed by atoms with van der Waals surface area (Å²) in [4.78, 5) is 19.9. The van der Waals surface area contributed by atoms with E-state index >= 15 is 4.39 Å². The lowest BCUT2D eigenvalue weighted by molar-refractivity contribution is -0.132. The van der Waals surface area contributed by atoms with Crippen LogP contribution in [0, 0.1) is 12.7 Å². The lowest BCUT2D eigenvalue weighted by Crippen LogP contribution is -2.42. The molecule has 4 aromatic rings. The number of fused-ring (bicyclic) bond motifs is 1. The fraction of sp³-hybridized carbons (Fsp3) is 0.444. The Morgan fingerprint density at radius 2 is 1.96 bits per heavy atom. The minimum Gasteiger partial charge on any atom is -0.394 e. The van der Waals surface area contributed by atoms with Gasteiger partial charge in [0.15, 0.2) is 0 Å². The second-order valence-electron chi connectivity index (χ2n) is 12.3. The number of pyridine rings is 1. The van der Waals surface area contributed by atoms with Crippen molar-refractivity contribution >= 4 is 22.6 Å². The van der Waals surface area contributed by atoms with Gasteiger partial charge in [-0.15, -0.1) is 0 Å². The average molecular weight is 616 g/mol. The van der Waals surface area contributed by atoms with Crippen molar-refractivity contribution in [2.45, 2.75) is 70.5 Å². The van der Waals surface area contributed by atoms with Crippen molar-refractivity contribution in [3.63, 3.8) is 0 Å². The maximum Gasteiger partial charge on any atom is 0.224 e. The molecule has 45 heavy (non-hydrogen) atoms. The molecule has 1 aliphatic rings. The number of likely N-dealkylation sites (tertiary alicyclic amines) is 1. The van der Waals surface area contributed by atoms with Crippen LogP contribution in [-0.4, -0.2) is 71.0 Å². The molecule has 1 amide bonds. The molecule has 0 radical (unpaired) electrons. The molecule has 9 heteroatoms. The number of anilines is 1. The largest absolute Gasteiger partial charge is 0.394 e. The molecule has 1 fully saturated rings. The number of aromatic nitrogens is 2. The number of ether oxygens (including phenoxy) is 1. The van der Waals surface area contributed by atoms with E-state index in [1.54, 1.807) is 13.2 Å². The van der Waals surface area contributed by atoms with E-state index < -0.39 is 0 Å². The van der Waals surface area contributed by atoms with Crippen LogP contribution in [0.5, 0.6) is 0 Å². The highest BCUT2D eigenvalue weighted by Gasteiger charge is 2.30. The standard InChI is InChI=1S/C36H46FN5O3/c1-24(23-43)40-33-15-14-28(21-39-33)27-12-10-26(11-13-27)19-30(38)20-34(44)41-16-5-7-29(22-41)35-25(2)31-8-4-9-32(37)36(31)42(35)17-6-18-45-3/h4,8-15,21,24,29-30,43H,5-7,16-20,22-23,38H2,1-3H3,(H,39,40)/t24-,29?,30+/m0/s1. The van der Waals surface area contributed by atoms with Crippen LogP contribution in [0.25, 0.3) is 22.0 Å². The minimum absolute atomic E-state index is 0.0428. The Morgan fingerprint density at radius 1 is 1.18 bits per heavy atom. The SMILES string of the molecule is COCCCn1c(C2CCCN(C(=O)C[C@H](N)Cc3ccc(-c4ccc(N[C@@H](C)CO)nc4)cc3)C2)c(C)c2cccc(F)c21. The number of carbonyl (C=O) groups excluding carboxylic acids is 1. The van der Waals surface area contributed by atoms with Gasteiger partial charge in [-0.05, 0) is 74.4 Å². The number of benzene rings is 2. The van der Waals surface area contributed by atoms with Crippen LogP contribution in [-0.2, 0) is 22.5 Å². The van der Waals surface area contributed by atoms with Crippen molar-refractivity contribution in [2.24, 2.45) is 5.73 Å². The molecule has 0 aliphatic carbocycles. The summed E-state index contributed by atoms with van der Waals surface area (Å²) >= 11 is 0. The molecule has 8 nitrogen and oxygen atoms in total. The maximum atomic E-state index is 15.1. The zero-order valence-corrected chi connectivity index (χ0v) is 26.6. The predicted molar refractivity (Wildman–Crippen MR) is 178 cm³/mol. The number of hydrogen-bond donors (Lipinski definition) is 3.